The molecule has 0 bridgehead atoms. The highest BCUT2D eigenvalue weighted by atomic mass is 16.5. The van der Waals surface area contributed by atoms with E-state index in [0.717, 1.165) is 58.1 Å². The van der Waals surface area contributed by atoms with Crippen molar-refractivity contribution >= 4 is 5.96 Å². The molecule has 1 atom stereocenters. The lowest BCUT2D eigenvalue weighted by atomic mass is 9.99. The first-order valence-electron chi connectivity index (χ1n) is 9.06. The highest BCUT2D eigenvalue weighted by Gasteiger charge is 2.20. The van der Waals surface area contributed by atoms with Crippen molar-refractivity contribution in [2.45, 2.75) is 39.3 Å². The molecule has 2 rings (SSSR count). The third-order valence-corrected chi connectivity index (χ3v) is 4.46. The van der Waals surface area contributed by atoms with Gasteiger partial charge in [-0.05, 0) is 37.8 Å². The molecule has 0 spiro atoms. The van der Waals surface area contributed by atoms with Crippen molar-refractivity contribution in [3.63, 3.8) is 0 Å². The van der Waals surface area contributed by atoms with Crippen LogP contribution in [0.15, 0.2) is 29.3 Å². The van der Waals surface area contributed by atoms with Crippen LogP contribution in [-0.2, 0) is 17.7 Å². The molecule has 1 unspecified atom stereocenters. The van der Waals surface area contributed by atoms with E-state index in [0.29, 0.717) is 6.04 Å². The Labute approximate surface area is 146 Å². The molecule has 5 nitrogen and oxygen atoms in total. The Bertz CT molecular complexity index is 518. The van der Waals surface area contributed by atoms with Crippen molar-refractivity contribution in [2.24, 2.45) is 4.99 Å². The molecular formula is C19H32N4O. The number of nitrogens with one attached hydrogen (secondary N) is 2. The number of aliphatic imine (C=N–C) groups is 1. The van der Waals surface area contributed by atoms with E-state index in [-0.39, 0.29) is 0 Å². The third kappa shape index (κ3) is 5.80. The SMILES string of the molecule is CCNC(=NCC(C)N1CCc2ccccc2C1)NCCCOC. The van der Waals surface area contributed by atoms with E-state index >= 15 is 0 Å². The Balaban J connectivity index is 1.84. The maximum Gasteiger partial charge on any atom is 0.191 e. The minimum Gasteiger partial charge on any atom is -0.385 e. The number of hydrogen-bond acceptors (Lipinski definition) is 3. The monoisotopic (exact) mass is 332 g/mol. The molecule has 0 saturated carbocycles. The summed E-state index contributed by atoms with van der Waals surface area (Å²) in [5.41, 5.74) is 2.96. The lowest BCUT2D eigenvalue weighted by molar-refractivity contribution is 0.194. The number of hydrogen-bond donors (Lipinski definition) is 2. The van der Waals surface area contributed by atoms with Gasteiger partial charge in [-0.25, -0.2) is 0 Å². The molecule has 0 aliphatic carbocycles. The standard InChI is InChI=1S/C19H32N4O/c1-4-20-19(21-11-7-13-24-3)22-14-16(2)23-12-10-17-8-5-6-9-18(17)15-23/h5-6,8-9,16H,4,7,10-15H2,1-3H3,(H2,20,21,22). The molecule has 5 heteroatoms. The van der Waals surface area contributed by atoms with Gasteiger partial charge in [-0.15, -0.1) is 0 Å². The van der Waals surface area contributed by atoms with Crippen molar-refractivity contribution in [2.75, 3.05) is 39.9 Å². The van der Waals surface area contributed by atoms with Gasteiger partial charge in [0.05, 0.1) is 6.54 Å². The van der Waals surface area contributed by atoms with E-state index in [9.17, 15) is 0 Å². The molecule has 0 aromatic heterocycles. The Morgan fingerprint density at radius 3 is 2.83 bits per heavy atom. The quantitative estimate of drug-likeness (QED) is 0.434. The second kappa shape index (κ2) is 10.3. The Hall–Kier alpha value is -1.59. The first-order chi connectivity index (χ1) is 11.7. The number of rotatable bonds is 8. The molecule has 0 fully saturated rings. The predicted octanol–water partition coefficient (Wildman–Crippen LogP) is 2.02. The van der Waals surface area contributed by atoms with Gasteiger partial charge in [0.25, 0.3) is 0 Å². The molecule has 0 radical (unpaired) electrons. The fraction of sp³-hybridized carbons (Fsp3) is 0.632. The molecule has 0 saturated heterocycles. The van der Waals surface area contributed by atoms with Crippen LogP contribution in [-0.4, -0.2) is 56.8 Å². The average Bonchev–Trinajstić information content (AvgIpc) is 2.62. The second-order valence-corrected chi connectivity index (χ2v) is 6.33. The summed E-state index contributed by atoms with van der Waals surface area (Å²) in [6, 6.07) is 9.22. The van der Waals surface area contributed by atoms with E-state index in [1.165, 1.54) is 11.1 Å². The number of benzene rings is 1. The van der Waals surface area contributed by atoms with Gasteiger partial charge in [-0.2, -0.15) is 0 Å². The summed E-state index contributed by atoms with van der Waals surface area (Å²) in [6.45, 7) is 9.85. The topological polar surface area (TPSA) is 48.9 Å². The van der Waals surface area contributed by atoms with Gasteiger partial charge in [0.15, 0.2) is 5.96 Å². The summed E-state index contributed by atoms with van der Waals surface area (Å²) in [5.74, 6) is 0.901. The van der Waals surface area contributed by atoms with E-state index in [1.54, 1.807) is 7.11 Å². The molecule has 24 heavy (non-hydrogen) atoms. The van der Waals surface area contributed by atoms with Crippen LogP contribution in [0.25, 0.3) is 0 Å². The molecule has 1 aliphatic heterocycles. The van der Waals surface area contributed by atoms with Crippen LogP contribution in [0.4, 0.5) is 0 Å². The lowest BCUT2D eigenvalue weighted by Gasteiger charge is -2.33. The molecule has 0 amide bonds. The zero-order valence-electron chi connectivity index (χ0n) is 15.3. The van der Waals surface area contributed by atoms with Crippen LogP contribution < -0.4 is 10.6 Å². The van der Waals surface area contributed by atoms with E-state index in [2.05, 4.69) is 53.6 Å². The summed E-state index contributed by atoms with van der Waals surface area (Å²) in [4.78, 5) is 7.28. The van der Waals surface area contributed by atoms with Crippen LogP contribution in [0.2, 0.25) is 0 Å². The van der Waals surface area contributed by atoms with Gasteiger partial charge in [0, 0.05) is 45.9 Å². The van der Waals surface area contributed by atoms with Crippen molar-refractivity contribution in [1.82, 2.24) is 15.5 Å². The fourth-order valence-corrected chi connectivity index (χ4v) is 3.00. The van der Waals surface area contributed by atoms with Gasteiger partial charge in [0.2, 0.25) is 0 Å². The maximum atomic E-state index is 5.08. The van der Waals surface area contributed by atoms with Gasteiger partial charge in [-0.3, -0.25) is 9.89 Å². The van der Waals surface area contributed by atoms with E-state index < -0.39 is 0 Å². The highest BCUT2D eigenvalue weighted by molar-refractivity contribution is 5.79. The Morgan fingerprint density at radius 1 is 1.29 bits per heavy atom. The summed E-state index contributed by atoms with van der Waals surface area (Å²) in [7, 11) is 1.73. The fourth-order valence-electron chi connectivity index (χ4n) is 3.00. The maximum absolute atomic E-state index is 5.08. The zero-order valence-corrected chi connectivity index (χ0v) is 15.3. The summed E-state index contributed by atoms with van der Waals surface area (Å²) < 4.78 is 5.08. The largest absolute Gasteiger partial charge is 0.385 e. The summed E-state index contributed by atoms with van der Waals surface area (Å²) in [5, 5.41) is 6.68. The molecule has 1 aliphatic rings. The first-order valence-corrected chi connectivity index (χ1v) is 9.06. The van der Waals surface area contributed by atoms with Gasteiger partial charge >= 0.3 is 0 Å². The Kier molecular flexibility index (Phi) is 8.05. The van der Waals surface area contributed by atoms with Gasteiger partial charge < -0.3 is 15.4 Å². The lowest BCUT2D eigenvalue weighted by Crippen LogP contribution is -2.42. The van der Waals surface area contributed by atoms with Crippen LogP contribution >= 0.6 is 0 Å². The van der Waals surface area contributed by atoms with Crippen LogP contribution in [0.5, 0.6) is 0 Å². The van der Waals surface area contributed by atoms with Crippen molar-refractivity contribution in [3.05, 3.63) is 35.4 Å². The molecule has 1 heterocycles. The Morgan fingerprint density at radius 2 is 2.08 bits per heavy atom. The smallest absolute Gasteiger partial charge is 0.191 e. The predicted molar refractivity (Wildman–Crippen MR) is 100 cm³/mol. The van der Waals surface area contributed by atoms with E-state index in [1.807, 2.05) is 0 Å². The van der Waals surface area contributed by atoms with E-state index in [4.69, 9.17) is 9.73 Å². The minimum absolute atomic E-state index is 0.438. The third-order valence-electron chi connectivity index (χ3n) is 4.46. The van der Waals surface area contributed by atoms with Crippen LogP contribution in [0.1, 0.15) is 31.4 Å². The van der Waals surface area contributed by atoms with Crippen LogP contribution in [0.3, 0.4) is 0 Å². The first kappa shape index (κ1) is 18.7. The number of fused-ring (bicyclic) bond motifs is 1. The van der Waals surface area contributed by atoms with Crippen molar-refractivity contribution < 1.29 is 4.74 Å². The molecule has 134 valence electrons. The van der Waals surface area contributed by atoms with Crippen molar-refractivity contribution in [3.8, 4) is 0 Å². The molecule has 2 N–H and O–H groups in total. The normalized spacial score (nSPS) is 16.5. The number of methoxy groups -OCH3 is 1. The average molecular weight is 332 g/mol. The van der Waals surface area contributed by atoms with Crippen molar-refractivity contribution in [1.29, 1.82) is 0 Å². The number of guanidine groups is 1. The molecular weight excluding hydrogens is 300 g/mol. The number of ether oxygens (including phenoxy) is 1. The molecule has 1 aromatic carbocycles. The molecule has 1 aromatic rings. The summed E-state index contributed by atoms with van der Waals surface area (Å²) >= 11 is 0. The highest BCUT2D eigenvalue weighted by Crippen LogP contribution is 2.20. The van der Waals surface area contributed by atoms with Gasteiger partial charge in [0.1, 0.15) is 0 Å². The second-order valence-electron chi connectivity index (χ2n) is 6.33. The van der Waals surface area contributed by atoms with Crippen LogP contribution in [0, 0.1) is 0 Å². The minimum atomic E-state index is 0.438. The summed E-state index contributed by atoms with van der Waals surface area (Å²) in [6.07, 6.45) is 2.12. The van der Waals surface area contributed by atoms with Gasteiger partial charge in [-0.1, -0.05) is 24.3 Å². The zero-order chi connectivity index (χ0) is 17.2. The number of nitrogens with zero attached hydrogens (tertiary/aromatic N) is 2.